The monoisotopic (exact) mass is 507 g/mol. The molecule has 1 heterocycles. The average Bonchev–Trinajstić information content (AvgIpc) is 3.26. The number of thiophene rings is 1. The number of ether oxygens (including phenoxy) is 3. The first-order chi connectivity index (χ1) is 17.6. The second-order valence-electron chi connectivity index (χ2n) is 8.14. The number of benzene rings is 2. The third kappa shape index (κ3) is 6.23. The van der Waals surface area contributed by atoms with Crippen LogP contribution >= 0.6 is 11.3 Å². The number of methoxy groups -OCH3 is 1. The number of nitrogens with zero attached hydrogens (tertiary/aromatic N) is 1. The summed E-state index contributed by atoms with van der Waals surface area (Å²) in [6.07, 6.45) is 5.32. The van der Waals surface area contributed by atoms with Crippen molar-refractivity contribution in [2.45, 2.75) is 39.2 Å². The highest BCUT2D eigenvalue weighted by atomic mass is 32.1. The lowest BCUT2D eigenvalue weighted by Gasteiger charge is -2.12. The molecule has 0 saturated carbocycles. The van der Waals surface area contributed by atoms with Crippen molar-refractivity contribution in [2.75, 3.05) is 19.0 Å². The highest BCUT2D eigenvalue weighted by molar-refractivity contribution is 7.17. The van der Waals surface area contributed by atoms with Gasteiger partial charge in [0.25, 0.3) is 0 Å². The van der Waals surface area contributed by atoms with E-state index in [9.17, 15) is 9.59 Å². The number of hydrazone groups is 1. The number of aryl methyl sites for hydroxylation is 1. The Morgan fingerprint density at radius 3 is 2.67 bits per heavy atom. The van der Waals surface area contributed by atoms with Crippen LogP contribution in [-0.2, 0) is 24.2 Å². The molecule has 1 aliphatic carbocycles. The van der Waals surface area contributed by atoms with Crippen LogP contribution in [0.25, 0.3) is 0 Å². The molecule has 2 aromatic carbocycles. The third-order valence-electron chi connectivity index (χ3n) is 5.68. The number of carbonyl (C=O) groups excluding carboxylic acids is 2. The van der Waals surface area contributed by atoms with Gasteiger partial charge in [-0.15, -0.1) is 11.3 Å². The molecule has 188 valence electrons. The van der Waals surface area contributed by atoms with Crippen LogP contribution in [0, 0.1) is 0 Å². The van der Waals surface area contributed by atoms with Crippen LogP contribution in [0.3, 0.4) is 0 Å². The van der Waals surface area contributed by atoms with Crippen LogP contribution in [0.1, 0.15) is 51.7 Å². The van der Waals surface area contributed by atoms with Crippen LogP contribution in [0.4, 0.5) is 9.80 Å². The van der Waals surface area contributed by atoms with E-state index in [1.165, 1.54) is 17.6 Å². The summed E-state index contributed by atoms with van der Waals surface area (Å²) in [7, 11) is 1.57. The van der Waals surface area contributed by atoms with Crippen molar-refractivity contribution in [3.8, 4) is 11.5 Å². The van der Waals surface area contributed by atoms with E-state index < -0.39 is 12.0 Å². The predicted molar refractivity (Wildman–Crippen MR) is 140 cm³/mol. The molecule has 0 radical (unpaired) electrons. The van der Waals surface area contributed by atoms with Crippen LogP contribution < -0.4 is 20.2 Å². The van der Waals surface area contributed by atoms with Crippen LogP contribution in [0.5, 0.6) is 11.5 Å². The summed E-state index contributed by atoms with van der Waals surface area (Å²) in [5, 5.41) is 7.30. The third-order valence-corrected chi connectivity index (χ3v) is 6.89. The van der Waals surface area contributed by atoms with Gasteiger partial charge in [-0.1, -0.05) is 30.3 Å². The molecule has 0 aliphatic heterocycles. The normalized spacial score (nSPS) is 12.6. The lowest BCUT2D eigenvalue weighted by Crippen LogP contribution is -2.25. The maximum atomic E-state index is 12.6. The Labute approximate surface area is 214 Å². The number of urea groups is 1. The molecule has 36 heavy (non-hydrogen) atoms. The molecule has 1 aliphatic rings. The van der Waals surface area contributed by atoms with Gasteiger partial charge in [0.2, 0.25) is 0 Å². The van der Waals surface area contributed by atoms with Crippen LogP contribution in [0.15, 0.2) is 53.6 Å². The maximum absolute atomic E-state index is 12.6. The Hall–Kier alpha value is -3.85. The van der Waals surface area contributed by atoms with Crippen LogP contribution in [-0.4, -0.2) is 31.9 Å². The molecule has 2 amide bonds. The van der Waals surface area contributed by atoms with E-state index >= 15 is 0 Å². The molecule has 1 aromatic heterocycles. The molecular weight excluding hydrogens is 478 g/mol. The maximum Gasteiger partial charge on any atom is 0.341 e. The Morgan fingerprint density at radius 1 is 1.08 bits per heavy atom. The van der Waals surface area contributed by atoms with E-state index in [-0.39, 0.29) is 6.61 Å². The highest BCUT2D eigenvalue weighted by Crippen LogP contribution is 2.38. The second-order valence-corrected chi connectivity index (χ2v) is 9.25. The fourth-order valence-electron chi connectivity index (χ4n) is 3.99. The van der Waals surface area contributed by atoms with Crippen molar-refractivity contribution >= 4 is 34.6 Å². The fourth-order valence-corrected chi connectivity index (χ4v) is 5.26. The quantitative estimate of drug-likeness (QED) is 0.225. The zero-order valence-electron chi connectivity index (χ0n) is 20.3. The first-order valence-electron chi connectivity index (χ1n) is 11.9. The van der Waals surface area contributed by atoms with Gasteiger partial charge in [-0.2, -0.15) is 5.10 Å². The smallest absolute Gasteiger partial charge is 0.341 e. The molecule has 0 atom stereocenters. The first kappa shape index (κ1) is 25.2. The van der Waals surface area contributed by atoms with Crippen molar-refractivity contribution in [3.63, 3.8) is 0 Å². The van der Waals surface area contributed by atoms with E-state index in [4.69, 9.17) is 14.2 Å². The molecule has 0 unspecified atom stereocenters. The number of anilines is 1. The summed E-state index contributed by atoms with van der Waals surface area (Å²) in [5.41, 5.74) is 5.69. The Kier molecular flexibility index (Phi) is 8.57. The predicted octanol–water partition coefficient (Wildman–Crippen LogP) is 5.55. The minimum Gasteiger partial charge on any atom is -0.493 e. The largest absolute Gasteiger partial charge is 0.493 e. The zero-order valence-corrected chi connectivity index (χ0v) is 21.2. The minimum atomic E-state index is -0.537. The molecule has 0 bridgehead atoms. The molecule has 4 rings (SSSR count). The molecule has 0 saturated heterocycles. The minimum absolute atomic E-state index is 0.277. The topological polar surface area (TPSA) is 98.2 Å². The SMILES string of the molecule is CCOC(=O)c1c(NC(=O)NN=Cc2ccc(OCc3ccccc3)c(OC)c2)sc2c1CCCC2. The lowest BCUT2D eigenvalue weighted by molar-refractivity contribution is 0.0526. The van der Waals surface area contributed by atoms with Crippen molar-refractivity contribution in [1.29, 1.82) is 0 Å². The molecule has 3 aromatic rings. The summed E-state index contributed by atoms with van der Waals surface area (Å²) < 4.78 is 16.6. The number of fused-ring (bicyclic) bond motifs is 1. The molecule has 2 N–H and O–H groups in total. The number of carbonyl (C=O) groups is 2. The van der Waals surface area contributed by atoms with Gasteiger partial charge in [0.05, 0.1) is 25.5 Å². The Balaban J connectivity index is 1.38. The first-order valence-corrected chi connectivity index (χ1v) is 12.7. The summed E-state index contributed by atoms with van der Waals surface area (Å²) in [4.78, 5) is 26.2. The number of nitrogens with one attached hydrogen (secondary N) is 2. The molecular formula is C27H29N3O5S. The fraction of sp³-hybridized carbons (Fsp3) is 0.296. The van der Waals surface area contributed by atoms with Gasteiger partial charge in [-0.25, -0.2) is 15.0 Å². The van der Waals surface area contributed by atoms with Gasteiger partial charge >= 0.3 is 12.0 Å². The van der Waals surface area contributed by atoms with Gasteiger partial charge in [-0.05, 0) is 67.5 Å². The van der Waals surface area contributed by atoms with Crippen molar-refractivity contribution in [2.24, 2.45) is 5.10 Å². The number of amides is 2. The summed E-state index contributed by atoms with van der Waals surface area (Å²) >= 11 is 1.43. The van der Waals surface area contributed by atoms with Gasteiger partial charge < -0.3 is 14.2 Å². The standard InChI is InChI=1S/C27H29N3O5S/c1-3-34-26(31)24-20-11-7-8-12-23(20)36-25(24)29-27(32)30-28-16-19-13-14-21(22(15-19)33-2)35-17-18-9-5-4-6-10-18/h4-6,9-10,13-16H,3,7-8,11-12,17H2,1-2H3,(H2,29,30,32). The van der Waals surface area contributed by atoms with Gasteiger partial charge in [0, 0.05) is 4.88 Å². The second kappa shape index (κ2) is 12.2. The van der Waals surface area contributed by atoms with E-state index in [1.807, 2.05) is 36.4 Å². The molecule has 9 heteroatoms. The van der Waals surface area contributed by atoms with Gasteiger partial charge in [-0.3, -0.25) is 5.32 Å². The van der Waals surface area contributed by atoms with Crippen LogP contribution in [0.2, 0.25) is 0 Å². The number of rotatable bonds is 9. The lowest BCUT2D eigenvalue weighted by atomic mass is 9.95. The molecule has 8 nitrogen and oxygen atoms in total. The van der Waals surface area contributed by atoms with Crippen molar-refractivity contribution < 1.29 is 23.8 Å². The van der Waals surface area contributed by atoms with E-state index in [0.29, 0.717) is 28.7 Å². The summed E-state index contributed by atoms with van der Waals surface area (Å²) in [6.45, 7) is 2.47. The summed E-state index contributed by atoms with van der Waals surface area (Å²) in [5.74, 6) is 0.761. The number of esters is 1. The van der Waals surface area contributed by atoms with E-state index in [0.717, 1.165) is 47.3 Å². The summed E-state index contributed by atoms with van der Waals surface area (Å²) in [6, 6.07) is 14.7. The highest BCUT2D eigenvalue weighted by Gasteiger charge is 2.27. The molecule has 0 fully saturated rings. The van der Waals surface area contributed by atoms with E-state index in [1.54, 1.807) is 26.2 Å². The zero-order chi connectivity index (χ0) is 25.3. The Morgan fingerprint density at radius 2 is 1.89 bits per heavy atom. The number of hydrogen-bond acceptors (Lipinski definition) is 7. The van der Waals surface area contributed by atoms with Crippen molar-refractivity contribution in [3.05, 3.63) is 75.7 Å². The van der Waals surface area contributed by atoms with Gasteiger partial charge in [0.15, 0.2) is 11.5 Å². The average molecular weight is 508 g/mol. The Bertz CT molecular complexity index is 1240. The number of hydrogen-bond donors (Lipinski definition) is 2. The van der Waals surface area contributed by atoms with Gasteiger partial charge in [0.1, 0.15) is 11.6 Å². The molecule has 0 spiro atoms. The van der Waals surface area contributed by atoms with E-state index in [2.05, 4.69) is 15.8 Å². The van der Waals surface area contributed by atoms with Crippen molar-refractivity contribution in [1.82, 2.24) is 5.43 Å².